The quantitative estimate of drug-likeness (QED) is 0.628. The lowest BCUT2D eigenvalue weighted by molar-refractivity contribution is -0.143. The van der Waals surface area contributed by atoms with Crippen LogP contribution in [0.15, 0.2) is 0 Å². The first kappa shape index (κ1) is 9.60. The lowest BCUT2D eigenvalue weighted by Crippen LogP contribution is -2.40. The number of carbonyl (C=O) groups excluding carboxylic acids is 1. The minimum absolute atomic E-state index is 0.0573. The molecule has 3 aliphatic rings. The first-order valence-electron chi connectivity index (χ1n) is 5.68. The minimum Gasteiger partial charge on any atom is -0.468 e. The van der Waals surface area contributed by atoms with Crippen LogP contribution in [0.4, 0.5) is 0 Å². The molecule has 3 atom stereocenters. The van der Waals surface area contributed by atoms with Gasteiger partial charge in [-0.25, -0.2) is 0 Å². The number of carbonyl (C=O) groups is 1. The van der Waals surface area contributed by atoms with Crippen molar-refractivity contribution >= 4 is 5.97 Å². The van der Waals surface area contributed by atoms with Crippen molar-refractivity contribution in [3.8, 4) is 0 Å². The van der Waals surface area contributed by atoms with E-state index in [-0.39, 0.29) is 12.0 Å². The van der Waals surface area contributed by atoms with Gasteiger partial charge in [0.15, 0.2) is 0 Å². The van der Waals surface area contributed by atoms with E-state index in [1.54, 1.807) is 0 Å². The Kier molecular flexibility index (Phi) is 2.04. The molecular formula is C11H17NO3. The summed E-state index contributed by atoms with van der Waals surface area (Å²) >= 11 is 0. The fourth-order valence-corrected chi connectivity index (χ4v) is 3.70. The van der Waals surface area contributed by atoms with Crippen molar-refractivity contribution in [2.24, 2.45) is 17.3 Å². The molecule has 0 bridgehead atoms. The van der Waals surface area contributed by atoms with Gasteiger partial charge in [0.05, 0.1) is 7.11 Å². The second-order valence-electron chi connectivity index (χ2n) is 4.89. The van der Waals surface area contributed by atoms with E-state index in [0.717, 1.165) is 32.6 Å². The van der Waals surface area contributed by atoms with Crippen LogP contribution in [0.25, 0.3) is 0 Å². The summed E-state index contributed by atoms with van der Waals surface area (Å²) in [6, 6.07) is -0.0573. The number of hydrogen-bond acceptors (Lipinski definition) is 4. The van der Waals surface area contributed by atoms with Crippen LogP contribution in [0.3, 0.4) is 0 Å². The zero-order valence-electron chi connectivity index (χ0n) is 8.99. The molecule has 84 valence electrons. The van der Waals surface area contributed by atoms with Crippen LogP contribution in [-0.2, 0) is 14.3 Å². The average molecular weight is 211 g/mol. The molecule has 0 amide bonds. The van der Waals surface area contributed by atoms with E-state index in [1.165, 1.54) is 7.11 Å². The summed E-state index contributed by atoms with van der Waals surface area (Å²) in [5, 5.41) is 3.26. The number of hydrogen-bond donors (Lipinski definition) is 1. The summed E-state index contributed by atoms with van der Waals surface area (Å²) in [4.78, 5) is 11.6. The highest BCUT2D eigenvalue weighted by molar-refractivity contribution is 5.77. The van der Waals surface area contributed by atoms with Gasteiger partial charge >= 0.3 is 5.97 Å². The SMILES string of the molecule is COC(=O)[C@H]1NC[C@H]2[C@@H]1C21CCOCC1. The van der Waals surface area contributed by atoms with Crippen LogP contribution in [0, 0.1) is 17.3 Å². The molecule has 3 fully saturated rings. The van der Waals surface area contributed by atoms with Gasteiger partial charge in [0, 0.05) is 13.2 Å². The third-order valence-corrected chi connectivity index (χ3v) is 4.52. The highest BCUT2D eigenvalue weighted by Gasteiger charge is 2.70. The molecule has 0 aromatic carbocycles. The van der Waals surface area contributed by atoms with Crippen LogP contribution in [-0.4, -0.2) is 38.9 Å². The number of fused-ring (bicyclic) bond motifs is 3. The number of piperidine rings is 1. The Morgan fingerprint density at radius 1 is 1.47 bits per heavy atom. The first-order valence-corrected chi connectivity index (χ1v) is 5.68. The monoisotopic (exact) mass is 211 g/mol. The van der Waals surface area contributed by atoms with Crippen LogP contribution in [0.5, 0.6) is 0 Å². The van der Waals surface area contributed by atoms with Crippen LogP contribution >= 0.6 is 0 Å². The van der Waals surface area contributed by atoms with E-state index in [2.05, 4.69) is 5.32 Å². The molecule has 15 heavy (non-hydrogen) atoms. The largest absolute Gasteiger partial charge is 0.468 e. The normalized spacial score (nSPS) is 41.3. The highest BCUT2D eigenvalue weighted by atomic mass is 16.5. The number of esters is 1. The van der Waals surface area contributed by atoms with E-state index in [9.17, 15) is 4.79 Å². The smallest absolute Gasteiger partial charge is 0.323 e. The van der Waals surface area contributed by atoms with Crippen LogP contribution in [0.1, 0.15) is 12.8 Å². The summed E-state index contributed by atoms with van der Waals surface area (Å²) in [7, 11) is 1.47. The Bertz CT molecular complexity index is 286. The molecule has 0 unspecified atom stereocenters. The van der Waals surface area contributed by atoms with Gasteiger partial charge in [-0.3, -0.25) is 4.79 Å². The fraction of sp³-hybridized carbons (Fsp3) is 0.909. The maximum absolute atomic E-state index is 11.6. The molecule has 0 aromatic heterocycles. The molecule has 0 aromatic rings. The number of methoxy groups -OCH3 is 1. The van der Waals surface area contributed by atoms with Gasteiger partial charge in [0.25, 0.3) is 0 Å². The summed E-state index contributed by atoms with van der Waals surface area (Å²) in [6.07, 6.45) is 2.25. The van der Waals surface area contributed by atoms with Gasteiger partial charge in [-0.1, -0.05) is 0 Å². The Morgan fingerprint density at radius 2 is 2.20 bits per heavy atom. The van der Waals surface area contributed by atoms with Crippen LogP contribution in [0.2, 0.25) is 0 Å². The molecule has 4 nitrogen and oxygen atoms in total. The molecule has 1 aliphatic carbocycles. The average Bonchev–Trinajstić information content (AvgIpc) is 2.69. The molecule has 3 rings (SSSR count). The lowest BCUT2D eigenvalue weighted by atomic mass is 9.89. The van der Waals surface area contributed by atoms with Gasteiger partial charge in [-0.15, -0.1) is 0 Å². The zero-order chi connectivity index (χ0) is 10.5. The number of ether oxygens (including phenoxy) is 2. The third kappa shape index (κ3) is 1.18. The maximum atomic E-state index is 11.6. The van der Waals surface area contributed by atoms with E-state index in [0.29, 0.717) is 17.3 Å². The second kappa shape index (κ2) is 3.19. The Labute approximate surface area is 89.3 Å². The van der Waals surface area contributed by atoms with Crippen molar-refractivity contribution < 1.29 is 14.3 Å². The molecular weight excluding hydrogens is 194 g/mol. The highest BCUT2D eigenvalue weighted by Crippen LogP contribution is 2.67. The summed E-state index contributed by atoms with van der Waals surface area (Å²) in [6.45, 7) is 2.70. The molecule has 2 heterocycles. The molecule has 1 saturated carbocycles. The summed E-state index contributed by atoms with van der Waals surface area (Å²) < 4.78 is 10.2. The van der Waals surface area contributed by atoms with Crippen LogP contribution < -0.4 is 5.32 Å². The van der Waals surface area contributed by atoms with E-state index >= 15 is 0 Å². The minimum atomic E-state index is -0.0918. The van der Waals surface area contributed by atoms with Crippen molar-refractivity contribution in [3.05, 3.63) is 0 Å². The van der Waals surface area contributed by atoms with E-state index < -0.39 is 0 Å². The number of rotatable bonds is 1. The van der Waals surface area contributed by atoms with Gasteiger partial charge in [0.2, 0.25) is 0 Å². The molecule has 4 heteroatoms. The Hall–Kier alpha value is -0.610. The predicted molar refractivity (Wildman–Crippen MR) is 53.3 cm³/mol. The number of nitrogens with one attached hydrogen (secondary N) is 1. The maximum Gasteiger partial charge on any atom is 0.323 e. The van der Waals surface area contributed by atoms with Crippen molar-refractivity contribution in [2.45, 2.75) is 18.9 Å². The van der Waals surface area contributed by atoms with Gasteiger partial charge in [0.1, 0.15) is 6.04 Å². The first-order chi connectivity index (χ1) is 7.29. The summed E-state index contributed by atoms with van der Waals surface area (Å²) in [5.74, 6) is 1.10. The lowest BCUT2D eigenvalue weighted by Gasteiger charge is -2.28. The zero-order valence-corrected chi connectivity index (χ0v) is 8.99. The summed E-state index contributed by atoms with van der Waals surface area (Å²) in [5.41, 5.74) is 0.405. The topological polar surface area (TPSA) is 47.6 Å². The molecule has 2 aliphatic heterocycles. The third-order valence-electron chi connectivity index (χ3n) is 4.52. The van der Waals surface area contributed by atoms with Crippen molar-refractivity contribution in [3.63, 3.8) is 0 Å². The van der Waals surface area contributed by atoms with Gasteiger partial charge in [-0.2, -0.15) is 0 Å². The Morgan fingerprint density at radius 3 is 2.87 bits per heavy atom. The molecule has 2 saturated heterocycles. The van der Waals surface area contributed by atoms with Crippen molar-refractivity contribution in [2.75, 3.05) is 26.9 Å². The van der Waals surface area contributed by atoms with Gasteiger partial charge < -0.3 is 14.8 Å². The van der Waals surface area contributed by atoms with Crippen molar-refractivity contribution in [1.82, 2.24) is 5.32 Å². The van der Waals surface area contributed by atoms with Crippen molar-refractivity contribution in [1.29, 1.82) is 0 Å². The van der Waals surface area contributed by atoms with Gasteiger partial charge in [-0.05, 0) is 36.6 Å². The van der Waals surface area contributed by atoms with E-state index in [1.807, 2.05) is 0 Å². The second-order valence-corrected chi connectivity index (χ2v) is 4.89. The fourth-order valence-electron chi connectivity index (χ4n) is 3.70. The molecule has 1 N–H and O–H groups in total. The van der Waals surface area contributed by atoms with E-state index in [4.69, 9.17) is 9.47 Å². The Balaban J connectivity index is 1.75. The molecule has 1 spiro atoms. The standard InChI is InChI=1S/C11H17NO3/c1-14-10(13)9-8-7(6-12-9)11(8)2-4-15-5-3-11/h7-9,12H,2-6H2,1H3/t7-,8-,9-/m0/s1. The molecule has 0 radical (unpaired) electrons. The predicted octanol–water partition coefficient (Wildman–Crippen LogP) is 0.174.